The van der Waals surface area contributed by atoms with Crippen molar-refractivity contribution in [3.05, 3.63) is 59.3 Å². The normalized spacial score (nSPS) is 19.9. The molecule has 2 aliphatic rings. The standard InChI is InChI=1S/C26H35N5O3/c1-18-15-30(16-21-5-3-4-6-24(18)21)17-23(33)14-28-26(34)20-7-10-27-25(13-20)29-22-8-11-31(12-9-22)19(2)32/h3-7,10,13,18,22-23,33H,8-9,11-12,14-17H2,1-2H3,(H,27,29)(H,28,34). The van der Waals surface area contributed by atoms with Crippen LogP contribution >= 0.6 is 0 Å². The molecule has 2 aromatic rings. The molecule has 4 rings (SSSR count). The van der Waals surface area contributed by atoms with Gasteiger partial charge in [-0.05, 0) is 42.0 Å². The number of hydrogen-bond acceptors (Lipinski definition) is 6. The molecule has 2 unspecified atom stereocenters. The molecule has 8 nitrogen and oxygen atoms in total. The number of rotatable bonds is 7. The lowest BCUT2D eigenvalue weighted by Crippen LogP contribution is -2.42. The SMILES string of the molecule is CC(=O)N1CCC(Nc2cc(C(=O)NCC(O)CN3Cc4ccccc4C(C)C3)ccn2)CC1. The molecular weight excluding hydrogens is 430 g/mol. The molecule has 0 saturated carbocycles. The zero-order chi connectivity index (χ0) is 24.1. The van der Waals surface area contributed by atoms with Crippen LogP contribution in [0.2, 0.25) is 0 Å². The maximum atomic E-state index is 12.7. The summed E-state index contributed by atoms with van der Waals surface area (Å²) in [6.07, 6.45) is 2.67. The smallest absolute Gasteiger partial charge is 0.251 e. The average Bonchev–Trinajstić information content (AvgIpc) is 2.83. The molecule has 0 radical (unpaired) electrons. The Morgan fingerprint density at radius 3 is 2.74 bits per heavy atom. The monoisotopic (exact) mass is 465 g/mol. The van der Waals surface area contributed by atoms with Crippen molar-refractivity contribution in [3.63, 3.8) is 0 Å². The van der Waals surface area contributed by atoms with E-state index < -0.39 is 6.10 Å². The van der Waals surface area contributed by atoms with Gasteiger partial charge >= 0.3 is 0 Å². The number of aromatic nitrogens is 1. The number of likely N-dealkylation sites (tertiary alicyclic amines) is 1. The summed E-state index contributed by atoms with van der Waals surface area (Å²) >= 11 is 0. The molecule has 0 spiro atoms. The van der Waals surface area contributed by atoms with E-state index in [1.165, 1.54) is 11.1 Å². The second kappa shape index (κ2) is 11.0. The minimum absolute atomic E-state index is 0.108. The number of carbonyl (C=O) groups excluding carboxylic acids is 2. The minimum Gasteiger partial charge on any atom is -0.390 e. The Morgan fingerprint density at radius 2 is 1.97 bits per heavy atom. The van der Waals surface area contributed by atoms with Crippen LogP contribution in [-0.4, -0.2) is 76.6 Å². The molecule has 1 aromatic heterocycles. The van der Waals surface area contributed by atoms with Crippen molar-refractivity contribution < 1.29 is 14.7 Å². The van der Waals surface area contributed by atoms with E-state index >= 15 is 0 Å². The van der Waals surface area contributed by atoms with Crippen molar-refractivity contribution in [1.82, 2.24) is 20.1 Å². The van der Waals surface area contributed by atoms with Crippen molar-refractivity contribution >= 4 is 17.6 Å². The molecule has 3 N–H and O–H groups in total. The highest BCUT2D eigenvalue weighted by atomic mass is 16.3. The lowest BCUT2D eigenvalue weighted by molar-refractivity contribution is -0.129. The summed E-state index contributed by atoms with van der Waals surface area (Å²) < 4.78 is 0. The van der Waals surface area contributed by atoms with Gasteiger partial charge < -0.3 is 20.6 Å². The molecule has 182 valence electrons. The fourth-order valence-corrected chi connectivity index (χ4v) is 4.96. The molecule has 1 fully saturated rings. The Morgan fingerprint density at radius 1 is 1.21 bits per heavy atom. The largest absolute Gasteiger partial charge is 0.390 e. The number of piperidine rings is 1. The number of nitrogens with zero attached hydrogens (tertiary/aromatic N) is 3. The summed E-state index contributed by atoms with van der Waals surface area (Å²) in [6.45, 7) is 7.68. The van der Waals surface area contributed by atoms with Gasteiger partial charge in [0.15, 0.2) is 0 Å². The molecule has 2 atom stereocenters. The molecule has 0 aliphatic carbocycles. The first-order valence-electron chi connectivity index (χ1n) is 12.1. The van der Waals surface area contributed by atoms with Crippen molar-refractivity contribution in [2.75, 3.05) is 38.0 Å². The van der Waals surface area contributed by atoms with E-state index in [2.05, 4.69) is 51.7 Å². The van der Waals surface area contributed by atoms with Crippen molar-refractivity contribution in [1.29, 1.82) is 0 Å². The summed E-state index contributed by atoms with van der Waals surface area (Å²) in [5.41, 5.74) is 3.20. The Balaban J connectivity index is 1.24. The van der Waals surface area contributed by atoms with Gasteiger partial charge in [0, 0.05) is 64.0 Å². The van der Waals surface area contributed by atoms with Gasteiger partial charge in [0.1, 0.15) is 5.82 Å². The molecule has 2 aliphatic heterocycles. The molecule has 3 heterocycles. The number of aliphatic hydroxyl groups is 1. The third kappa shape index (κ3) is 6.12. The number of nitrogens with one attached hydrogen (secondary N) is 2. The van der Waals surface area contributed by atoms with Gasteiger partial charge in [0.05, 0.1) is 6.10 Å². The van der Waals surface area contributed by atoms with Crippen LogP contribution < -0.4 is 10.6 Å². The quantitative estimate of drug-likeness (QED) is 0.580. The third-order valence-corrected chi connectivity index (χ3v) is 6.79. The second-order valence-electron chi connectivity index (χ2n) is 9.51. The van der Waals surface area contributed by atoms with E-state index in [9.17, 15) is 14.7 Å². The number of benzene rings is 1. The van der Waals surface area contributed by atoms with Gasteiger partial charge in [0.25, 0.3) is 5.91 Å². The first-order valence-corrected chi connectivity index (χ1v) is 12.1. The van der Waals surface area contributed by atoms with E-state index in [1.807, 2.05) is 4.90 Å². The van der Waals surface area contributed by atoms with Gasteiger partial charge in [0.2, 0.25) is 5.91 Å². The summed E-state index contributed by atoms with van der Waals surface area (Å²) in [5.74, 6) is 0.949. The summed E-state index contributed by atoms with van der Waals surface area (Å²) in [7, 11) is 0. The lowest BCUT2D eigenvalue weighted by atomic mass is 9.91. The topological polar surface area (TPSA) is 97.8 Å². The predicted octanol–water partition coefficient (Wildman–Crippen LogP) is 2.21. The Bertz CT molecular complexity index is 1010. The molecule has 2 amide bonds. The molecular formula is C26H35N5O3. The fraction of sp³-hybridized carbons (Fsp3) is 0.500. The maximum Gasteiger partial charge on any atom is 0.251 e. The first kappa shape index (κ1) is 24.2. The number of carbonyl (C=O) groups is 2. The summed E-state index contributed by atoms with van der Waals surface area (Å²) in [4.78, 5) is 32.6. The van der Waals surface area contributed by atoms with Gasteiger partial charge in [-0.2, -0.15) is 0 Å². The Labute approximate surface area is 201 Å². The van der Waals surface area contributed by atoms with Gasteiger partial charge in [-0.3, -0.25) is 14.5 Å². The maximum absolute atomic E-state index is 12.7. The number of amides is 2. The van der Waals surface area contributed by atoms with Crippen LogP contribution in [0.25, 0.3) is 0 Å². The number of fused-ring (bicyclic) bond motifs is 1. The van der Waals surface area contributed by atoms with E-state index in [4.69, 9.17) is 0 Å². The van der Waals surface area contributed by atoms with Gasteiger partial charge in [-0.25, -0.2) is 4.98 Å². The van der Waals surface area contributed by atoms with Crippen LogP contribution in [0.5, 0.6) is 0 Å². The number of β-amino-alcohol motifs (C(OH)–C–C–N with tert-alkyl or cyclic N) is 1. The van der Waals surface area contributed by atoms with E-state index in [0.717, 1.165) is 39.0 Å². The lowest BCUT2D eigenvalue weighted by Gasteiger charge is -2.34. The number of pyridine rings is 1. The molecule has 1 saturated heterocycles. The van der Waals surface area contributed by atoms with Crippen molar-refractivity contribution in [2.45, 2.75) is 51.3 Å². The summed E-state index contributed by atoms with van der Waals surface area (Å²) in [6, 6.07) is 12.1. The van der Waals surface area contributed by atoms with E-state index in [-0.39, 0.29) is 24.4 Å². The first-order chi connectivity index (χ1) is 16.4. The van der Waals surface area contributed by atoms with Crippen LogP contribution in [0, 0.1) is 0 Å². The van der Waals surface area contributed by atoms with Crippen LogP contribution in [0.1, 0.15) is 54.1 Å². The Kier molecular flexibility index (Phi) is 7.80. The van der Waals surface area contributed by atoms with E-state index in [1.54, 1.807) is 25.3 Å². The van der Waals surface area contributed by atoms with Crippen molar-refractivity contribution in [3.8, 4) is 0 Å². The summed E-state index contributed by atoms with van der Waals surface area (Å²) in [5, 5.41) is 16.8. The minimum atomic E-state index is -0.646. The number of anilines is 1. The highest BCUT2D eigenvalue weighted by Crippen LogP contribution is 2.27. The molecule has 1 aromatic carbocycles. The molecule has 0 bridgehead atoms. The molecule has 34 heavy (non-hydrogen) atoms. The van der Waals surface area contributed by atoms with Gasteiger partial charge in [-0.1, -0.05) is 31.2 Å². The van der Waals surface area contributed by atoms with Crippen LogP contribution in [0.15, 0.2) is 42.6 Å². The highest BCUT2D eigenvalue weighted by Gasteiger charge is 2.24. The van der Waals surface area contributed by atoms with Crippen molar-refractivity contribution in [2.24, 2.45) is 0 Å². The Hall–Kier alpha value is -2.97. The van der Waals surface area contributed by atoms with Crippen LogP contribution in [0.3, 0.4) is 0 Å². The van der Waals surface area contributed by atoms with Crippen LogP contribution in [-0.2, 0) is 11.3 Å². The highest BCUT2D eigenvalue weighted by molar-refractivity contribution is 5.94. The predicted molar refractivity (Wildman–Crippen MR) is 132 cm³/mol. The molecule has 8 heteroatoms. The number of hydrogen-bond donors (Lipinski definition) is 3. The van der Waals surface area contributed by atoms with Gasteiger partial charge in [-0.15, -0.1) is 0 Å². The van der Waals surface area contributed by atoms with E-state index in [0.29, 0.717) is 23.8 Å². The zero-order valence-electron chi connectivity index (χ0n) is 20.0. The number of aliphatic hydroxyl groups excluding tert-OH is 1. The third-order valence-electron chi connectivity index (χ3n) is 6.79. The van der Waals surface area contributed by atoms with Crippen LogP contribution in [0.4, 0.5) is 5.82 Å². The average molecular weight is 466 g/mol. The fourth-order valence-electron chi connectivity index (χ4n) is 4.96. The zero-order valence-corrected chi connectivity index (χ0v) is 20.0. The second-order valence-corrected chi connectivity index (χ2v) is 9.51.